The quantitative estimate of drug-likeness (QED) is 0.497. The molecular weight excluding hydrogens is 389 g/mol. The Morgan fingerprint density at radius 3 is 2.65 bits per heavy atom. The molecule has 0 N–H and O–H groups in total. The Morgan fingerprint density at radius 2 is 1.95 bits per heavy atom. The van der Waals surface area contributed by atoms with Crippen LogP contribution in [-0.2, 0) is 6.54 Å². The average molecular weight is 400 g/mol. The minimum atomic E-state index is 0.477. The minimum absolute atomic E-state index is 0.477. The zero-order valence-electron chi connectivity index (χ0n) is 10.7. The molecule has 0 aliphatic carbocycles. The Kier molecular flexibility index (Phi) is 3.80. The SMILES string of the molecule is COc1ccc(Cn2nc(I)c3ccc(Cl)nc32)cc1. The molecule has 2 aromatic heterocycles. The van der Waals surface area contributed by atoms with Crippen LogP contribution in [0.5, 0.6) is 5.75 Å². The normalized spacial score (nSPS) is 10.9. The highest BCUT2D eigenvalue weighted by Crippen LogP contribution is 2.22. The maximum absolute atomic E-state index is 5.97. The van der Waals surface area contributed by atoms with E-state index in [1.807, 2.05) is 35.0 Å². The van der Waals surface area contributed by atoms with Gasteiger partial charge in [0.25, 0.3) is 0 Å². The van der Waals surface area contributed by atoms with Crippen molar-refractivity contribution in [3.8, 4) is 5.75 Å². The van der Waals surface area contributed by atoms with Gasteiger partial charge in [0.1, 0.15) is 14.6 Å². The fourth-order valence-corrected chi connectivity index (χ4v) is 2.83. The third-order valence-electron chi connectivity index (χ3n) is 3.01. The van der Waals surface area contributed by atoms with Crippen molar-refractivity contribution in [3.05, 3.63) is 50.8 Å². The molecule has 0 fully saturated rings. The number of ether oxygens (including phenoxy) is 1. The molecule has 3 aromatic rings. The summed E-state index contributed by atoms with van der Waals surface area (Å²) in [4.78, 5) is 4.36. The van der Waals surface area contributed by atoms with Gasteiger partial charge in [0.15, 0.2) is 5.65 Å². The summed E-state index contributed by atoms with van der Waals surface area (Å²) in [6.07, 6.45) is 0. The standard InChI is InChI=1S/C14H11ClIN3O/c1-20-10-4-2-9(3-5-10)8-19-14-11(13(16)18-19)6-7-12(15)17-14/h2-7H,8H2,1H3. The molecule has 6 heteroatoms. The monoisotopic (exact) mass is 399 g/mol. The van der Waals surface area contributed by atoms with Crippen LogP contribution < -0.4 is 4.74 Å². The van der Waals surface area contributed by atoms with E-state index in [9.17, 15) is 0 Å². The molecular formula is C14H11ClIN3O. The van der Waals surface area contributed by atoms with E-state index >= 15 is 0 Å². The van der Waals surface area contributed by atoms with Crippen molar-refractivity contribution in [2.24, 2.45) is 0 Å². The van der Waals surface area contributed by atoms with Crippen molar-refractivity contribution in [1.82, 2.24) is 14.8 Å². The fourth-order valence-electron chi connectivity index (χ4n) is 2.00. The summed E-state index contributed by atoms with van der Waals surface area (Å²) in [6.45, 7) is 0.650. The molecule has 4 nitrogen and oxygen atoms in total. The summed E-state index contributed by atoms with van der Waals surface area (Å²) in [5.74, 6) is 0.842. The molecule has 0 spiro atoms. The zero-order chi connectivity index (χ0) is 14.1. The Morgan fingerprint density at radius 1 is 1.20 bits per heavy atom. The summed E-state index contributed by atoms with van der Waals surface area (Å²) < 4.78 is 7.95. The lowest BCUT2D eigenvalue weighted by atomic mass is 10.2. The largest absolute Gasteiger partial charge is 0.497 e. The molecule has 2 heterocycles. The maximum atomic E-state index is 5.97. The van der Waals surface area contributed by atoms with Gasteiger partial charge in [0, 0.05) is 0 Å². The van der Waals surface area contributed by atoms with E-state index in [1.54, 1.807) is 13.2 Å². The van der Waals surface area contributed by atoms with E-state index in [4.69, 9.17) is 16.3 Å². The zero-order valence-corrected chi connectivity index (χ0v) is 13.6. The van der Waals surface area contributed by atoms with E-state index in [2.05, 4.69) is 32.7 Å². The molecule has 0 aliphatic heterocycles. The second-order valence-corrected chi connectivity index (χ2v) is 5.71. The third-order valence-corrected chi connectivity index (χ3v) is 4.02. The van der Waals surface area contributed by atoms with Crippen molar-refractivity contribution in [1.29, 1.82) is 0 Å². The lowest BCUT2D eigenvalue weighted by Gasteiger charge is -2.05. The molecule has 0 amide bonds. The number of nitrogens with zero attached hydrogens (tertiary/aromatic N) is 3. The minimum Gasteiger partial charge on any atom is -0.497 e. The molecule has 0 saturated carbocycles. The van der Waals surface area contributed by atoms with Crippen LogP contribution >= 0.6 is 34.2 Å². The summed E-state index contributed by atoms with van der Waals surface area (Å²) in [6, 6.07) is 11.6. The van der Waals surface area contributed by atoms with Gasteiger partial charge in [-0.1, -0.05) is 23.7 Å². The van der Waals surface area contributed by atoms with E-state index in [1.165, 1.54) is 0 Å². The van der Waals surface area contributed by atoms with Gasteiger partial charge in [-0.05, 0) is 52.4 Å². The van der Waals surface area contributed by atoms with Gasteiger partial charge in [0.05, 0.1) is 19.0 Å². The van der Waals surface area contributed by atoms with Crippen molar-refractivity contribution in [3.63, 3.8) is 0 Å². The number of hydrogen-bond donors (Lipinski definition) is 0. The van der Waals surface area contributed by atoms with Gasteiger partial charge in [-0.2, -0.15) is 5.10 Å². The molecule has 1 aromatic carbocycles. The maximum Gasteiger partial charge on any atom is 0.160 e. The van der Waals surface area contributed by atoms with E-state index in [0.717, 1.165) is 26.0 Å². The number of methoxy groups -OCH3 is 1. The lowest BCUT2D eigenvalue weighted by Crippen LogP contribution is -2.03. The molecule has 20 heavy (non-hydrogen) atoms. The predicted octanol–water partition coefficient (Wildman–Crippen LogP) is 3.75. The van der Waals surface area contributed by atoms with Crippen molar-refractivity contribution < 1.29 is 4.74 Å². The van der Waals surface area contributed by atoms with Crippen LogP contribution in [0.4, 0.5) is 0 Å². The summed E-state index contributed by atoms with van der Waals surface area (Å²) in [5, 5.41) is 6.01. The van der Waals surface area contributed by atoms with E-state index in [-0.39, 0.29) is 0 Å². The molecule has 0 bridgehead atoms. The van der Waals surface area contributed by atoms with Crippen LogP contribution in [0.15, 0.2) is 36.4 Å². The van der Waals surface area contributed by atoms with Crippen LogP contribution in [0.25, 0.3) is 11.0 Å². The van der Waals surface area contributed by atoms with Crippen LogP contribution in [0.2, 0.25) is 5.15 Å². The van der Waals surface area contributed by atoms with Gasteiger partial charge in [-0.15, -0.1) is 0 Å². The Balaban J connectivity index is 1.99. The van der Waals surface area contributed by atoms with Crippen LogP contribution in [0.1, 0.15) is 5.56 Å². The smallest absolute Gasteiger partial charge is 0.160 e. The first-order valence-electron chi connectivity index (χ1n) is 5.99. The molecule has 3 rings (SSSR count). The Hall–Kier alpha value is -1.34. The van der Waals surface area contributed by atoms with Gasteiger partial charge < -0.3 is 4.74 Å². The van der Waals surface area contributed by atoms with Crippen molar-refractivity contribution >= 4 is 45.2 Å². The molecule has 0 atom stereocenters. The number of aromatic nitrogens is 3. The number of pyridine rings is 1. The highest BCUT2D eigenvalue weighted by atomic mass is 127. The second kappa shape index (κ2) is 5.57. The van der Waals surface area contributed by atoms with Gasteiger partial charge in [-0.25, -0.2) is 9.67 Å². The fraction of sp³-hybridized carbons (Fsp3) is 0.143. The first-order valence-corrected chi connectivity index (χ1v) is 7.44. The van der Waals surface area contributed by atoms with Crippen LogP contribution in [0, 0.1) is 3.70 Å². The first-order chi connectivity index (χ1) is 9.67. The Labute approximate surface area is 134 Å². The van der Waals surface area contributed by atoms with E-state index in [0.29, 0.717) is 11.7 Å². The summed E-state index contributed by atoms with van der Waals surface area (Å²) in [5.41, 5.74) is 1.94. The van der Waals surface area contributed by atoms with Gasteiger partial charge in [0.2, 0.25) is 0 Å². The second-order valence-electron chi connectivity index (χ2n) is 4.30. The van der Waals surface area contributed by atoms with Gasteiger partial charge >= 0.3 is 0 Å². The summed E-state index contributed by atoms with van der Waals surface area (Å²) >= 11 is 8.18. The van der Waals surface area contributed by atoms with Crippen molar-refractivity contribution in [2.75, 3.05) is 7.11 Å². The third kappa shape index (κ3) is 2.60. The van der Waals surface area contributed by atoms with Crippen LogP contribution in [-0.4, -0.2) is 21.9 Å². The van der Waals surface area contributed by atoms with Crippen LogP contribution in [0.3, 0.4) is 0 Å². The number of rotatable bonds is 3. The molecule has 102 valence electrons. The molecule has 0 saturated heterocycles. The predicted molar refractivity (Wildman–Crippen MR) is 87.4 cm³/mol. The highest BCUT2D eigenvalue weighted by molar-refractivity contribution is 14.1. The average Bonchev–Trinajstić information content (AvgIpc) is 2.76. The molecule has 0 aliphatic rings. The van der Waals surface area contributed by atoms with E-state index < -0.39 is 0 Å². The number of halogens is 2. The topological polar surface area (TPSA) is 39.9 Å². The number of benzene rings is 1. The number of fused-ring (bicyclic) bond motifs is 1. The first kappa shape index (κ1) is 13.6. The highest BCUT2D eigenvalue weighted by Gasteiger charge is 2.10. The Bertz CT molecular complexity index is 755. The van der Waals surface area contributed by atoms with Crippen molar-refractivity contribution in [2.45, 2.75) is 6.54 Å². The lowest BCUT2D eigenvalue weighted by molar-refractivity contribution is 0.414. The van der Waals surface area contributed by atoms with Gasteiger partial charge in [-0.3, -0.25) is 0 Å². The molecule has 0 unspecified atom stereocenters. The number of hydrogen-bond acceptors (Lipinski definition) is 3. The summed E-state index contributed by atoms with van der Waals surface area (Å²) in [7, 11) is 1.66. The molecule has 0 radical (unpaired) electrons.